The number of hydrogen-bond donors (Lipinski definition) is 0. The van der Waals surface area contributed by atoms with E-state index in [4.69, 9.17) is 9.47 Å². The zero-order chi connectivity index (χ0) is 21.3. The van der Waals surface area contributed by atoms with E-state index < -0.39 is 10.0 Å². The van der Waals surface area contributed by atoms with Crippen molar-refractivity contribution in [1.82, 2.24) is 13.9 Å². The summed E-state index contributed by atoms with van der Waals surface area (Å²) in [5.41, 5.74) is 2.03. The van der Waals surface area contributed by atoms with E-state index in [0.29, 0.717) is 31.0 Å². The van der Waals surface area contributed by atoms with Crippen molar-refractivity contribution in [2.45, 2.75) is 24.3 Å². The molecule has 8 heteroatoms. The van der Waals surface area contributed by atoms with Gasteiger partial charge in [-0.2, -0.15) is 4.31 Å². The Balaban J connectivity index is 1.66. The molecule has 7 nitrogen and oxygen atoms in total. The molecule has 1 fully saturated rings. The van der Waals surface area contributed by atoms with Crippen LogP contribution in [0.4, 0.5) is 0 Å². The number of ether oxygens (including phenoxy) is 2. The lowest BCUT2D eigenvalue weighted by Crippen LogP contribution is -2.30. The second-order valence-corrected chi connectivity index (χ2v) is 9.19. The monoisotopic (exact) mass is 427 g/mol. The molecule has 0 spiro atoms. The highest BCUT2D eigenvalue weighted by Crippen LogP contribution is 2.35. The molecule has 1 unspecified atom stereocenters. The molecule has 0 amide bonds. The third-order valence-corrected chi connectivity index (χ3v) is 7.38. The maximum Gasteiger partial charge on any atom is 0.246 e. The quantitative estimate of drug-likeness (QED) is 0.602. The Morgan fingerprint density at radius 1 is 1.07 bits per heavy atom. The minimum Gasteiger partial charge on any atom is -0.497 e. The van der Waals surface area contributed by atoms with E-state index in [1.54, 1.807) is 12.1 Å². The van der Waals surface area contributed by atoms with E-state index in [0.717, 1.165) is 17.1 Å². The molecular weight excluding hydrogens is 402 g/mol. The molecule has 0 radical (unpaired) electrons. The van der Waals surface area contributed by atoms with Crippen molar-refractivity contribution < 1.29 is 17.9 Å². The molecule has 0 aliphatic carbocycles. The zero-order valence-electron chi connectivity index (χ0n) is 17.3. The van der Waals surface area contributed by atoms with Crippen LogP contribution in [-0.2, 0) is 10.0 Å². The molecule has 2 heterocycles. The molecule has 0 N–H and O–H groups in total. The van der Waals surface area contributed by atoms with Crippen LogP contribution in [0.5, 0.6) is 11.5 Å². The van der Waals surface area contributed by atoms with Gasteiger partial charge < -0.3 is 14.0 Å². The Bertz CT molecular complexity index is 1140. The fourth-order valence-electron chi connectivity index (χ4n) is 3.97. The van der Waals surface area contributed by atoms with Gasteiger partial charge >= 0.3 is 0 Å². The molecule has 1 saturated heterocycles. The maximum atomic E-state index is 13.4. The summed E-state index contributed by atoms with van der Waals surface area (Å²) in [6.07, 6.45) is 2.55. The predicted octanol–water partition coefficient (Wildman–Crippen LogP) is 3.51. The minimum absolute atomic E-state index is 0.00841. The molecule has 2 aromatic carbocycles. The molecule has 3 aromatic rings. The van der Waals surface area contributed by atoms with Crippen LogP contribution < -0.4 is 9.47 Å². The summed E-state index contributed by atoms with van der Waals surface area (Å²) in [5.74, 6) is 1.64. The molecular formula is C22H25N3O4S. The van der Waals surface area contributed by atoms with Gasteiger partial charge in [0, 0.05) is 36.6 Å². The summed E-state index contributed by atoms with van der Waals surface area (Å²) in [7, 11) is -0.756. The molecule has 1 aliphatic heterocycles. The van der Waals surface area contributed by atoms with Crippen LogP contribution in [-0.4, -0.2) is 49.6 Å². The van der Waals surface area contributed by atoms with Crippen molar-refractivity contribution in [2.24, 2.45) is 0 Å². The average Bonchev–Trinajstić information content (AvgIpc) is 3.41. The van der Waals surface area contributed by atoms with Crippen molar-refractivity contribution >= 4 is 10.0 Å². The van der Waals surface area contributed by atoms with E-state index >= 15 is 0 Å². The van der Waals surface area contributed by atoms with Crippen LogP contribution in [0.25, 0.3) is 11.4 Å². The van der Waals surface area contributed by atoms with Gasteiger partial charge in [-0.3, -0.25) is 0 Å². The number of hydrogen-bond acceptors (Lipinski definition) is 5. The van der Waals surface area contributed by atoms with Gasteiger partial charge in [-0.1, -0.05) is 30.3 Å². The molecule has 158 valence electrons. The number of aryl methyl sites for hydroxylation is 1. The van der Waals surface area contributed by atoms with Crippen LogP contribution in [0, 0.1) is 6.92 Å². The van der Waals surface area contributed by atoms with Gasteiger partial charge in [0.1, 0.15) is 22.2 Å². The minimum atomic E-state index is -3.73. The van der Waals surface area contributed by atoms with Crippen molar-refractivity contribution in [3.05, 3.63) is 60.4 Å². The number of methoxy groups -OCH3 is 2. The summed E-state index contributed by atoms with van der Waals surface area (Å²) >= 11 is 0. The normalized spacial score (nSPS) is 17.2. The third kappa shape index (κ3) is 3.57. The van der Waals surface area contributed by atoms with Gasteiger partial charge in [-0.25, -0.2) is 13.4 Å². The number of imidazole rings is 1. The second-order valence-electron chi connectivity index (χ2n) is 7.28. The van der Waals surface area contributed by atoms with Crippen molar-refractivity contribution in [3.8, 4) is 22.9 Å². The maximum absolute atomic E-state index is 13.4. The summed E-state index contributed by atoms with van der Waals surface area (Å²) in [4.78, 5) is 4.71. The highest BCUT2D eigenvalue weighted by atomic mass is 32.2. The number of aromatic nitrogens is 2. The van der Waals surface area contributed by atoms with Crippen LogP contribution >= 0.6 is 0 Å². The van der Waals surface area contributed by atoms with Gasteiger partial charge in [0.25, 0.3) is 0 Å². The fraction of sp³-hybridized carbons (Fsp3) is 0.318. The molecule has 30 heavy (non-hydrogen) atoms. The van der Waals surface area contributed by atoms with Crippen molar-refractivity contribution in [2.75, 3.05) is 27.3 Å². The predicted molar refractivity (Wildman–Crippen MR) is 114 cm³/mol. The highest BCUT2D eigenvalue weighted by Gasteiger charge is 2.36. The van der Waals surface area contributed by atoms with E-state index in [-0.39, 0.29) is 10.9 Å². The first kappa shape index (κ1) is 20.4. The smallest absolute Gasteiger partial charge is 0.246 e. The van der Waals surface area contributed by atoms with Gasteiger partial charge in [0.05, 0.1) is 20.3 Å². The Morgan fingerprint density at radius 3 is 2.53 bits per heavy atom. The molecule has 0 saturated carbocycles. The Hall–Kier alpha value is -2.84. The molecule has 0 bridgehead atoms. The summed E-state index contributed by atoms with van der Waals surface area (Å²) in [6, 6.07) is 14.8. The van der Waals surface area contributed by atoms with Crippen LogP contribution in [0.15, 0.2) is 59.6 Å². The summed E-state index contributed by atoms with van der Waals surface area (Å²) in [6.45, 7) is 2.81. The first-order chi connectivity index (χ1) is 14.5. The summed E-state index contributed by atoms with van der Waals surface area (Å²) < 4.78 is 41.0. The molecule has 1 atom stereocenters. The first-order valence-corrected chi connectivity index (χ1v) is 11.2. The summed E-state index contributed by atoms with van der Waals surface area (Å²) in [5, 5.41) is 0. The van der Waals surface area contributed by atoms with Crippen LogP contribution in [0.1, 0.15) is 18.2 Å². The SMILES string of the molecule is COc1ccc(OC)c(S(=O)(=O)N2CCC(n3c(C)cnc3-c3ccccc3)C2)c1. The number of nitrogens with zero attached hydrogens (tertiary/aromatic N) is 3. The van der Waals surface area contributed by atoms with Crippen LogP contribution in [0.2, 0.25) is 0 Å². The Morgan fingerprint density at radius 2 is 1.83 bits per heavy atom. The second kappa shape index (κ2) is 8.12. The lowest BCUT2D eigenvalue weighted by atomic mass is 10.2. The van der Waals surface area contributed by atoms with Gasteiger partial charge in [0.15, 0.2) is 0 Å². The topological polar surface area (TPSA) is 73.7 Å². The lowest BCUT2D eigenvalue weighted by molar-refractivity contribution is 0.387. The lowest BCUT2D eigenvalue weighted by Gasteiger charge is -2.21. The Kier molecular flexibility index (Phi) is 5.53. The number of rotatable bonds is 6. The van der Waals surface area contributed by atoms with Gasteiger partial charge in [-0.05, 0) is 25.5 Å². The molecule has 4 rings (SSSR count). The largest absolute Gasteiger partial charge is 0.497 e. The average molecular weight is 428 g/mol. The number of benzene rings is 2. The third-order valence-electron chi connectivity index (χ3n) is 5.49. The highest BCUT2D eigenvalue weighted by molar-refractivity contribution is 7.89. The standard InChI is InChI=1S/C22H25N3O4S/c1-16-14-23-22(17-7-5-4-6-8-17)25(16)18-11-12-24(15-18)30(26,27)21-13-19(28-2)9-10-20(21)29-3/h4-10,13-14,18H,11-12,15H2,1-3H3. The molecule has 1 aromatic heterocycles. The number of sulfonamides is 1. The van der Waals surface area contributed by atoms with E-state index in [1.165, 1.54) is 24.6 Å². The van der Waals surface area contributed by atoms with Crippen LogP contribution in [0.3, 0.4) is 0 Å². The zero-order valence-corrected chi connectivity index (χ0v) is 18.1. The van der Waals surface area contributed by atoms with E-state index in [1.807, 2.05) is 43.5 Å². The van der Waals surface area contributed by atoms with Gasteiger partial charge in [0.2, 0.25) is 10.0 Å². The molecule has 1 aliphatic rings. The fourth-order valence-corrected chi connectivity index (χ4v) is 5.64. The van der Waals surface area contributed by atoms with E-state index in [9.17, 15) is 8.42 Å². The van der Waals surface area contributed by atoms with Crippen molar-refractivity contribution in [1.29, 1.82) is 0 Å². The van der Waals surface area contributed by atoms with Gasteiger partial charge in [-0.15, -0.1) is 0 Å². The Labute approximate surface area is 176 Å². The van der Waals surface area contributed by atoms with E-state index in [2.05, 4.69) is 9.55 Å². The van der Waals surface area contributed by atoms with Crippen molar-refractivity contribution in [3.63, 3.8) is 0 Å². The first-order valence-electron chi connectivity index (χ1n) is 9.77.